The topological polar surface area (TPSA) is 89.4 Å². The number of hydrogen-bond acceptors (Lipinski definition) is 5. The predicted molar refractivity (Wildman–Crippen MR) is 89.2 cm³/mol. The number of rotatable bonds is 4. The molecule has 0 spiro atoms. The van der Waals surface area contributed by atoms with E-state index in [1.54, 1.807) is 4.68 Å². The van der Waals surface area contributed by atoms with Crippen molar-refractivity contribution in [2.75, 3.05) is 25.0 Å². The number of carbonyl (C=O) groups excluding carboxylic acids is 2. The molecule has 3 heterocycles. The van der Waals surface area contributed by atoms with Gasteiger partial charge >= 0.3 is 0 Å². The maximum Gasteiger partial charge on any atom is 0.260 e. The van der Waals surface area contributed by atoms with Crippen molar-refractivity contribution in [2.45, 2.75) is 25.3 Å². The number of carbonyl (C=O) groups is 2. The maximum absolute atomic E-state index is 12.1. The molecule has 1 aromatic carbocycles. The Balaban J connectivity index is 1.48. The van der Waals surface area contributed by atoms with E-state index in [9.17, 15) is 9.59 Å². The molecular formula is C17H19N5O3. The first-order valence-corrected chi connectivity index (χ1v) is 8.40. The van der Waals surface area contributed by atoms with E-state index in [1.165, 1.54) is 6.33 Å². The van der Waals surface area contributed by atoms with Gasteiger partial charge in [0.1, 0.15) is 12.1 Å². The van der Waals surface area contributed by atoms with Crippen molar-refractivity contribution >= 4 is 17.8 Å². The molecule has 0 unspecified atom stereocenters. The highest BCUT2D eigenvalue weighted by atomic mass is 16.5. The minimum Gasteiger partial charge on any atom is -0.484 e. The van der Waals surface area contributed by atoms with Crippen molar-refractivity contribution in [3.05, 3.63) is 36.2 Å². The smallest absolute Gasteiger partial charge is 0.260 e. The van der Waals surface area contributed by atoms with Crippen LogP contribution in [0.2, 0.25) is 0 Å². The molecule has 2 aliphatic heterocycles. The molecule has 1 atom stereocenters. The largest absolute Gasteiger partial charge is 0.484 e. The quantitative estimate of drug-likeness (QED) is 0.903. The minimum absolute atomic E-state index is 0.0125. The summed E-state index contributed by atoms with van der Waals surface area (Å²) in [6.45, 7) is 1.66. The lowest BCUT2D eigenvalue weighted by Crippen LogP contribution is -2.32. The number of benzene rings is 1. The lowest BCUT2D eigenvalue weighted by atomic mass is 10.0. The summed E-state index contributed by atoms with van der Waals surface area (Å²) in [6.07, 6.45) is 3.83. The van der Waals surface area contributed by atoms with Gasteiger partial charge in [-0.05, 0) is 30.5 Å². The number of amides is 2. The van der Waals surface area contributed by atoms with Gasteiger partial charge in [-0.2, -0.15) is 10.1 Å². The number of aromatic nitrogens is 3. The third-order valence-corrected chi connectivity index (χ3v) is 4.56. The molecule has 1 saturated heterocycles. The van der Waals surface area contributed by atoms with Crippen LogP contribution in [-0.2, 0) is 9.59 Å². The summed E-state index contributed by atoms with van der Waals surface area (Å²) < 4.78 is 7.36. The van der Waals surface area contributed by atoms with Gasteiger partial charge < -0.3 is 9.64 Å². The molecule has 1 aromatic heterocycles. The summed E-state index contributed by atoms with van der Waals surface area (Å²) in [7, 11) is 0. The highest BCUT2D eigenvalue weighted by molar-refractivity contribution is 5.91. The molecule has 130 valence electrons. The van der Waals surface area contributed by atoms with Crippen molar-refractivity contribution in [2.24, 2.45) is 0 Å². The molecule has 2 aromatic rings. The van der Waals surface area contributed by atoms with Gasteiger partial charge in [0.2, 0.25) is 11.9 Å². The van der Waals surface area contributed by atoms with Gasteiger partial charge in [0.25, 0.3) is 5.91 Å². The number of likely N-dealkylation sites (tertiary alicyclic amines) is 1. The average Bonchev–Trinajstić information content (AvgIpc) is 3.30. The Morgan fingerprint density at radius 1 is 1.32 bits per heavy atom. The number of hydrogen-bond donors (Lipinski definition) is 1. The van der Waals surface area contributed by atoms with E-state index in [0.717, 1.165) is 31.5 Å². The van der Waals surface area contributed by atoms with Crippen molar-refractivity contribution in [1.29, 1.82) is 0 Å². The second-order valence-electron chi connectivity index (χ2n) is 6.25. The molecule has 2 aliphatic rings. The van der Waals surface area contributed by atoms with Crippen molar-refractivity contribution in [3.63, 3.8) is 0 Å². The fourth-order valence-corrected chi connectivity index (χ4v) is 3.28. The molecule has 0 aliphatic carbocycles. The van der Waals surface area contributed by atoms with Crippen LogP contribution in [-0.4, -0.2) is 51.2 Å². The van der Waals surface area contributed by atoms with Crippen LogP contribution in [0.25, 0.3) is 0 Å². The van der Waals surface area contributed by atoms with Crippen LogP contribution >= 0.6 is 0 Å². The van der Waals surface area contributed by atoms with E-state index in [1.807, 2.05) is 29.2 Å². The summed E-state index contributed by atoms with van der Waals surface area (Å²) in [5.74, 6) is 0.967. The molecule has 1 N–H and O–H groups in total. The van der Waals surface area contributed by atoms with Crippen LogP contribution in [0.1, 0.15) is 30.9 Å². The zero-order chi connectivity index (χ0) is 17.2. The average molecular weight is 341 g/mol. The van der Waals surface area contributed by atoms with Crippen LogP contribution in [0.4, 0.5) is 5.95 Å². The van der Waals surface area contributed by atoms with E-state index in [2.05, 4.69) is 15.4 Å². The van der Waals surface area contributed by atoms with Gasteiger partial charge in [0.05, 0.1) is 12.5 Å². The van der Waals surface area contributed by atoms with Crippen molar-refractivity contribution in [3.8, 4) is 5.75 Å². The second-order valence-corrected chi connectivity index (χ2v) is 6.25. The third-order valence-electron chi connectivity index (χ3n) is 4.56. The van der Waals surface area contributed by atoms with E-state index >= 15 is 0 Å². The molecule has 8 heteroatoms. The Morgan fingerprint density at radius 2 is 2.16 bits per heavy atom. The van der Waals surface area contributed by atoms with Gasteiger partial charge in [-0.1, -0.05) is 12.1 Å². The second kappa shape index (κ2) is 6.54. The predicted octanol–water partition coefficient (Wildman–Crippen LogP) is 1.21. The lowest BCUT2D eigenvalue weighted by Gasteiger charge is -2.24. The van der Waals surface area contributed by atoms with Crippen LogP contribution in [0.15, 0.2) is 30.6 Å². The van der Waals surface area contributed by atoms with Crippen LogP contribution in [0, 0.1) is 0 Å². The Hall–Kier alpha value is -2.90. The molecule has 0 bridgehead atoms. The minimum atomic E-state index is -0.232. The normalized spacial score (nSPS) is 19.4. The van der Waals surface area contributed by atoms with Gasteiger partial charge in [-0.3, -0.25) is 14.9 Å². The van der Waals surface area contributed by atoms with Crippen molar-refractivity contribution in [1.82, 2.24) is 19.7 Å². The number of nitrogens with one attached hydrogen (secondary N) is 1. The van der Waals surface area contributed by atoms with Gasteiger partial charge in [-0.25, -0.2) is 4.68 Å². The Morgan fingerprint density at radius 3 is 3.00 bits per heavy atom. The molecule has 0 radical (unpaired) electrons. The van der Waals surface area contributed by atoms with Crippen LogP contribution in [0.3, 0.4) is 0 Å². The Bertz CT molecular complexity index is 797. The lowest BCUT2D eigenvalue weighted by molar-refractivity contribution is -0.132. The number of fused-ring (bicyclic) bond motifs is 1. The van der Waals surface area contributed by atoms with Crippen molar-refractivity contribution < 1.29 is 14.3 Å². The Labute approximate surface area is 144 Å². The maximum atomic E-state index is 12.1. The van der Waals surface area contributed by atoms with Crippen LogP contribution in [0.5, 0.6) is 5.75 Å². The van der Waals surface area contributed by atoms with E-state index in [0.29, 0.717) is 11.7 Å². The van der Waals surface area contributed by atoms with Gasteiger partial charge in [0.15, 0.2) is 6.61 Å². The summed E-state index contributed by atoms with van der Waals surface area (Å²) in [4.78, 5) is 29.9. The zero-order valence-corrected chi connectivity index (χ0v) is 13.7. The Kier molecular flexibility index (Phi) is 4.09. The molecule has 4 rings (SSSR count). The standard InChI is InChI=1S/C17H19N5O3/c23-15-9-14(22-17(20-15)18-11-19-22)12-4-3-5-13(8-12)25-10-16(24)21-6-1-2-7-21/h3-5,8,11,14H,1-2,6-7,9-10H2,(H,18,19,20,23)/t14-/m0/s1. The molecule has 1 fully saturated rings. The monoisotopic (exact) mass is 341 g/mol. The first kappa shape index (κ1) is 15.6. The molecule has 25 heavy (non-hydrogen) atoms. The zero-order valence-electron chi connectivity index (χ0n) is 13.7. The number of anilines is 1. The summed E-state index contributed by atoms with van der Waals surface area (Å²) in [5.41, 5.74) is 0.896. The molecule has 8 nitrogen and oxygen atoms in total. The first-order chi connectivity index (χ1) is 12.2. The summed E-state index contributed by atoms with van der Waals surface area (Å²) in [6, 6.07) is 7.21. The highest BCUT2D eigenvalue weighted by Crippen LogP contribution is 2.30. The molecular weight excluding hydrogens is 322 g/mol. The van der Waals surface area contributed by atoms with Gasteiger partial charge in [0, 0.05) is 13.1 Å². The number of nitrogens with zero attached hydrogens (tertiary/aromatic N) is 4. The highest BCUT2D eigenvalue weighted by Gasteiger charge is 2.28. The van der Waals surface area contributed by atoms with E-state index in [-0.39, 0.29) is 30.9 Å². The number of ether oxygens (including phenoxy) is 1. The van der Waals surface area contributed by atoms with Gasteiger partial charge in [-0.15, -0.1) is 0 Å². The molecule has 2 amide bonds. The molecule has 0 saturated carbocycles. The fraction of sp³-hybridized carbons (Fsp3) is 0.412. The summed E-state index contributed by atoms with van der Waals surface area (Å²) >= 11 is 0. The summed E-state index contributed by atoms with van der Waals surface area (Å²) in [5, 5.41) is 6.89. The third kappa shape index (κ3) is 3.19. The SMILES string of the molecule is O=C1C[C@@H](c2cccc(OCC(=O)N3CCCC3)c2)n2ncnc2N1. The fourth-order valence-electron chi connectivity index (χ4n) is 3.28. The van der Waals surface area contributed by atoms with E-state index < -0.39 is 0 Å². The first-order valence-electron chi connectivity index (χ1n) is 8.40. The van der Waals surface area contributed by atoms with E-state index in [4.69, 9.17) is 4.74 Å². The van der Waals surface area contributed by atoms with Crippen LogP contribution < -0.4 is 10.1 Å².